The molecule has 1 saturated heterocycles. The molecule has 2 aliphatic heterocycles. The third-order valence-corrected chi connectivity index (χ3v) is 8.70. The molecule has 1 amide bonds. The smallest absolute Gasteiger partial charge is 0.331 e. The zero-order valence-electron chi connectivity index (χ0n) is 19.1. The number of carbonyl (C=O) groups excluding carboxylic acids is 1. The van der Waals surface area contributed by atoms with E-state index in [1.54, 1.807) is 17.0 Å². The topological polar surface area (TPSA) is 102 Å². The van der Waals surface area contributed by atoms with Gasteiger partial charge < -0.3 is 4.90 Å². The Bertz CT molecular complexity index is 1530. The first-order chi connectivity index (χ1) is 16.2. The molecule has 0 radical (unpaired) electrons. The molecule has 5 rings (SSSR count). The molecule has 0 bridgehead atoms. The number of hydrogen-bond acceptors (Lipinski definition) is 5. The van der Waals surface area contributed by atoms with E-state index >= 15 is 0 Å². The maximum Gasteiger partial charge on any atom is 0.331 e. The Morgan fingerprint density at radius 3 is 2.50 bits per heavy atom. The summed E-state index contributed by atoms with van der Waals surface area (Å²) in [5.74, 6) is -0.290. The number of anilines is 1. The predicted octanol–water partition coefficient (Wildman–Crippen LogP) is 1.46. The summed E-state index contributed by atoms with van der Waals surface area (Å²) < 4.78 is 30.8. The summed E-state index contributed by atoms with van der Waals surface area (Å²) in [6.45, 7) is 2.70. The first kappa shape index (κ1) is 22.4. The molecule has 0 spiro atoms. The van der Waals surface area contributed by atoms with Gasteiger partial charge in [0.05, 0.1) is 21.5 Å². The van der Waals surface area contributed by atoms with Crippen molar-refractivity contribution in [2.45, 2.75) is 43.7 Å². The lowest BCUT2D eigenvalue weighted by Crippen LogP contribution is -2.44. The van der Waals surface area contributed by atoms with Crippen LogP contribution >= 0.6 is 0 Å². The van der Waals surface area contributed by atoms with Crippen LogP contribution in [0.15, 0.2) is 56.9 Å². The van der Waals surface area contributed by atoms with Gasteiger partial charge in [0, 0.05) is 26.2 Å². The first-order valence-electron chi connectivity index (χ1n) is 11.3. The van der Waals surface area contributed by atoms with Gasteiger partial charge in [0.1, 0.15) is 6.54 Å². The number of benzene rings is 2. The maximum absolute atomic E-state index is 13.6. The summed E-state index contributed by atoms with van der Waals surface area (Å²) in [5, 5.41) is 0.0810. The van der Waals surface area contributed by atoms with Gasteiger partial charge in [0.2, 0.25) is 5.91 Å². The molecule has 3 heterocycles. The van der Waals surface area contributed by atoms with Gasteiger partial charge in [-0.2, -0.15) is 0 Å². The minimum absolute atomic E-state index is 0.0308. The zero-order valence-corrected chi connectivity index (χ0v) is 19.9. The molecule has 2 aliphatic rings. The Hall–Kier alpha value is -3.40. The standard InChI is InChI=1S/C24H26N4O5S/c1-16-13-17-7-3-4-8-20(17)28(16)34(32,33)18-9-10-21-19(14-18)23(30)27(24(31)25(21)2)15-22(29)26-11-5-6-12-26/h3-4,7-10,14,16H,5-6,11-13,15H2,1-2H3/t16-/m1/s1. The van der Waals surface area contributed by atoms with E-state index in [0.29, 0.717) is 30.7 Å². The molecular formula is C24H26N4O5S. The largest absolute Gasteiger partial charge is 0.341 e. The molecule has 0 saturated carbocycles. The quantitative estimate of drug-likeness (QED) is 0.560. The van der Waals surface area contributed by atoms with Gasteiger partial charge in [-0.15, -0.1) is 0 Å². The molecule has 0 N–H and O–H groups in total. The van der Waals surface area contributed by atoms with Crippen LogP contribution in [0.1, 0.15) is 25.3 Å². The highest BCUT2D eigenvalue weighted by Crippen LogP contribution is 2.36. The molecule has 1 atom stereocenters. The molecule has 0 aliphatic carbocycles. The van der Waals surface area contributed by atoms with E-state index in [-0.39, 0.29) is 28.8 Å². The van der Waals surface area contributed by atoms with Crippen LogP contribution in [0.25, 0.3) is 10.9 Å². The van der Waals surface area contributed by atoms with Crippen molar-refractivity contribution in [3.05, 3.63) is 68.9 Å². The highest BCUT2D eigenvalue weighted by atomic mass is 32.2. The lowest BCUT2D eigenvalue weighted by Gasteiger charge is -2.24. The van der Waals surface area contributed by atoms with Crippen molar-refractivity contribution in [1.82, 2.24) is 14.0 Å². The van der Waals surface area contributed by atoms with E-state index in [1.807, 2.05) is 19.1 Å². The minimum atomic E-state index is -3.96. The van der Waals surface area contributed by atoms with Gasteiger partial charge in [-0.25, -0.2) is 13.2 Å². The van der Waals surface area contributed by atoms with Crippen LogP contribution in [0, 0.1) is 0 Å². The number of likely N-dealkylation sites (tertiary alicyclic amines) is 1. The summed E-state index contributed by atoms with van der Waals surface area (Å²) in [6.07, 6.45) is 2.40. The van der Waals surface area contributed by atoms with Crippen molar-refractivity contribution in [2.24, 2.45) is 7.05 Å². The van der Waals surface area contributed by atoms with Crippen LogP contribution in [0.4, 0.5) is 5.69 Å². The fraction of sp³-hybridized carbons (Fsp3) is 0.375. The zero-order chi connectivity index (χ0) is 24.2. The summed E-state index contributed by atoms with van der Waals surface area (Å²) in [7, 11) is -2.45. The fourth-order valence-electron chi connectivity index (χ4n) is 5.01. The first-order valence-corrected chi connectivity index (χ1v) is 12.8. The average molecular weight is 483 g/mol. The third-order valence-electron chi connectivity index (χ3n) is 6.78. The van der Waals surface area contributed by atoms with Crippen molar-refractivity contribution in [3.8, 4) is 0 Å². The molecule has 34 heavy (non-hydrogen) atoms. The Balaban J connectivity index is 1.61. The molecule has 0 unspecified atom stereocenters. The Kier molecular flexibility index (Phi) is 5.35. The summed E-state index contributed by atoms with van der Waals surface area (Å²) in [6, 6.07) is 11.3. The number of para-hydroxylation sites is 1. The van der Waals surface area contributed by atoms with E-state index in [1.165, 1.54) is 34.1 Å². The van der Waals surface area contributed by atoms with Crippen molar-refractivity contribution in [2.75, 3.05) is 17.4 Å². The lowest BCUT2D eigenvalue weighted by atomic mass is 10.1. The number of rotatable bonds is 4. The number of nitrogens with zero attached hydrogens (tertiary/aromatic N) is 4. The predicted molar refractivity (Wildman–Crippen MR) is 129 cm³/mol. The molecule has 10 heteroatoms. The van der Waals surface area contributed by atoms with Crippen LogP contribution < -0.4 is 15.6 Å². The van der Waals surface area contributed by atoms with Crippen LogP contribution in [0.2, 0.25) is 0 Å². The molecule has 178 valence electrons. The van der Waals surface area contributed by atoms with Gasteiger partial charge >= 0.3 is 5.69 Å². The van der Waals surface area contributed by atoms with E-state index in [0.717, 1.165) is 23.0 Å². The number of aromatic nitrogens is 2. The number of aryl methyl sites for hydroxylation is 1. The van der Waals surface area contributed by atoms with Crippen molar-refractivity contribution >= 4 is 32.5 Å². The number of carbonyl (C=O) groups is 1. The summed E-state index contributed by atoms with van der Waals surface area (Å²) >= 11 is 0. The lowest BCUT2D eigenvalue weighted by molar-refractivity contribution is -0.130. The summed E-state index contributed by atoms with van der Waals surface area (Å²) in [5.41, 5.74) is 0.614. The molecule has 2 aromatic carbocycles. The fourth-order valence-corrected chi connectivity index (χ4v) is 6.73. The monoisotopic (exact) mass is 482 g/mol. The number of hydrogen-bond donors (Lipinski definition) is 0. The minimum Gasteiger partial charge on any atom is -0.341 e. The SMILES string of the molecule is C[C@@H]1Cc2ccccc2N1S(=O)(=O)c1ccc2c(c1)c(=O)n(CC(=O)N1CCCC1)c(=O)n2C. The van der Waals surface area contributed by atoms with E-state index in [9.17, 15) is 22.8 Å². The maximum atomic E-state index is 13.6. The number of amides is 1. The van der Waals surface area contributed by atoms with E-state index in [2.05, 4.69) is 0 Å². The Morgan fingerprint density at radius 2 is 1.76 bits per heavy atom. The van der Waals surface area contributed by atoms with Crippen molar-refractivity contribution < 1.29 is 13.2 Å². The second kappa shape index (κ2) is 8.12. The molecule has 9 nitrogen and oxygen atoms in total. The molecule has 1 aromatic heterocycles. The summed E-state index contributed by atoms with van der Waals surface area (Å²) in [4.78, 5) is 40.4. The Labute approximate surface area is 196 Å². The Morgan fingerprint density at radius 1 is 1.06 bits per heavy atom. The van der Waals surface area contributed by atoms with Crippen LogP contribution in [-0.2, 0) is 34.8 Å². The number of fused-ring (bicyclic) bond motifs is 2. The second-order valence-electron chi connectivity index (χ2n) is 8.98. The number of sulfonamides is 1. The molecule has 1 fully saturated rings. The van der Waals surface area contributed by atoms with Crippen LogP contribution in [0.3, 0.4) is 0 Å². The average Bonchev–Trinajstić information content (AvgIpc) is 3.47. The normalized spacial score (nSPS) is 18.0. The molecular weight excluding hydrogens is 456 g/mol. The van der Waals surface area contributed by atoms with Crippen molar-refractivity contribution in [1.29, 1.82) is 0 Å². The van der Waals surface area contributed by atoms with Gasteiger partial charge in [0.15, 0.2) is 0 Å². The van der Waals surface area contributed by atoms with Gasteiger partial charge in [0.25, 0.3) is 15.6 Å². The third kappa shape index (κ3) is 3.44. The van der Waals surface area contributed by atoms with E-state index in [4.69, 9.17) is 0 Å². The van der Waals surface area contributed by atoms with E-state index < -0.39 is 21.3 Å². The molecule has 3 aromatic rings. The van der Waals surface area contributed by atoms with Gasteiger partial charge in [-0.05, 0) is 56.0 Å². The van der Waals surface area contributed by atoms with Gasteiger partial charge in [-0.3, -0.25) is 23.0 Å². The second-order valence-corrected chi connectivity index (χ2v) is 10.8. The van der Waals surface area contributed by atoms with Crippen LogP contribution in [0.5, 0.6) is 0 Å². The highest BCUT2D eigenvalue weighted by molar-refractivity contribution is 7.92. The van der Waals surface area contributed by atoms with Crippen molar-refractivity contribution in [3.63, 3.8) is 0 Å². The van der Waals surface area contributed by atoms with Crippen LogP contribution in [-0.4, -0.2) is 47.5 Å². The van der Waals surface area contributed by atoms with Gasteiger partial charge in [-0.1, -0.05) is 18.2 Å². The highest BCUT2D eigenvalue weighted by Gasteiger charge is 2.36.